The number of ether oxygens (including phenoxy) is 3. The maximum absolute atomic E-state index is 11.9. The molecule has 0 aliphatic heterocycles. The van der Waals surface area contributed by atoms with Gasteiger partial charge in [-0.15, -0.1) is 0 Å². The van der Waals surface area contributed by atoms with Gasteiger partial charge in [0.05, 0.1) is 30.9 Å². The second kappa shape index (κ2) is 9.33. The van der Waals surface area contributed by atoms with Gasteiger partial charge in [-0.1, -0.05) is 25.1 Å². The molecule has 0 spiro atoms. The lowest BCUT2D eigenvalue weighted by Crippen LogP contribution is -2.28. The summed E-state index contributed by atoms with van der Waals surface area (Å²) in [6, 6.07) is 11.6. The SMILES string of the molecule is CCC(Oc1c(C=Nc2ccccc2)cc([N+](=O)[O-])cc1OC)C(=O)OC. The number of benzene rings is 2. The van der Waals surface area contributed by atoms with Gasteiger partial charge in [0, 0.05) is 17.8 Å². The summed E-state index contributed by atoms with van der Waals surface area (Å²) in [5, 5.41) is 11.2. The van der Waals surface area contributed by atoms with Gasteiger partial charge in [0.1, 0.15) is 0 Å². The highest BCUT2D eigenvalue weighted by Gasteiger charge is 2.24. The van der Waals surface area contributed by atoms with Gasteiger partial charge >= 0.3 is 5.97 Å². The van der Waals surface area contributed by atoms with Crippen LogP contribution in [0.1, 0.15) is 18.9 Å². The van der Waals surface area contributed by atoms with Gasteiger partial charge in [-0.2, -0.15) is 0 Å². The summed E-state index contributed by atoms with van der Waals surface area (Å²) in [6.45, 7) is 1.76. The van der Waals surface area contributed by atoms with E-state index in [1.807, 2.05) is 18.2 Å². The molecule has 0 bridgehead atoms. The van der Waals surface area contributed by atoms with E-state index in [-0.39, 0.29) is 17.2 Å². The molecule has 2 aromatic rings. The standard InChI is InChI=1S/C19H20N2O6/c1-4-16(19(22)26-3)27-18-13(12-20-14-8-6-5-7-9-14)10-15(21(23)24)11-17(18)25-2/h5-12,16H,4H2,1-3H3. The summed E-state index contributed by atoms with van der Waals surface area (Å²) in [5.41, 5.74) is 0.793. The zero-order chi connectivity index (χ0) is 19.8. The Morgan fingerprint density at radius 3 is 2.52 bits per heavy atom. The molecule has 1 atom stereocenters. The lowest BCUT2D eigenvalue weighted by molar-refractivity contribution is -0.385. The Labute approximate surface area is 156 Å². The third-order valence-electron chi connectivity index (χ3n) is 3.70. The molecule has 142 valence electrons. The highest BCUT2D eigenvalue weighted by molar-refractivity contribution is 5.88. The maximum Gasteiger partial charge on any atom is 0.347 e. The maximum atomic E-state index is 11.9. The van der Waals surface area contributed by atoms with Crippen molar-refractivity contribution in [3.63, 3.8) is 0 Å². The average molecular weight is 372 g/mol. The molecule has 0 aliphatic rings. The summed E-state index contributed by atoms with van der Waals surface area (Å²) in [5.74, 6) is -0.245. The Bertz CT molecular complexity index is 836. The molecule has 0 aliphatic carbocycles. The molecular formula is C19H20N2O6. The van der Waals surface area contributed by atoms with Crippen molar-refractivity contribution in [2.45, 2.75) is 19.4 Å². The number of hydrogen-bond acceptors (Lipinski definition) is 7. The second-order valence-electron chi connectivity index (χ2n) is 5.46. The van der Waals surface area contributed by atoms with Gasteiger partial charge in [-0.25, -0.2) is 4.79 Å². The third-order valence-corrected chi connectivity index (χ3v) is 3.70. The number of nitro benzene ring substituents is 1. The zero-order valence-electron chi connectivity index (χ0n) is 15.2. The first-order valence-electron chi connectivity index (χ1n) is 8.20. The molecule has 0 saturated carbocycles. The molecule has 0 N–H and O–H groups in total. The molecule has 0 amide bonds. The van der Waals surface area contributed by atoms with Crippen LogP contribution in [-0.4, -0.2) is 37.4 Å². The number of methoxy groups -OCH3 is 2. The number of nitrogens with zero attached hydrogens (tertiary/aromatic N) is 2. The van der Waals surface area contributed by atoms with E-state index in [0.29, 0.717) is 17.7 Å². The summed E-state index contributed by atoms with van der Waals surface area (Å²) in [7, 11) is 2.63. The summed E-state index contributed by atoms with van der Waals surface area (Å²) in [6.07, 6.45) is 0.904. The van der Waals surface area contributed by atoms with Crippen LogP contribution in [0, 0.1) is 10.1 Å². The zero-order valence-corrected chi connectivity index (χ0v) is 15.2. The normalized spacial score (nSPS) is 11.8. The van der Waals surface area contributed by atoms with Crippen LogP contribution in [0.15, 0.2) is 47.5 Å². The summed E-state index contributed by atoms with van der Waals surface area (Å²) in [4.78, 5) is 26.9. The quantitative estimate of drug-likeness (QED) is 0.303. The van der Waals surface area contributed by atoms with E-state index in [4.69, 9.17) is 14.2 Å². The van der Waals surface area contributed by atoms with E-state index in [0.717, 1.165) is 0 Å². The Hall–Kier alpha value is -3.42. The van der Waals surface area contributed by atoms with Crippen molar-refractivity contribution in [2.75, 3.05) is 14.2 Å². The molecule has 8 heteroatoms. The van der Waals surface area contributed by atoms with Crippen molar-refractivity contribution in [1.29, 1.82) is 0 Å². The fourth-order valence-electron chi connectivity index (χ4n) is 2.32. The van der Waals surface area contributed by atoms with Crippen LogP contribution in [0.3, 0.4) is 0 Å². The smallest absolute Gasteiger partial charge is 0.347 e. The molecule has 1 unspecified atom stereocenters. The number of para-hydroxylation sites is 1. The highest BCUT2D eigenvalue weighted by Crippen LogP contribution is 2.36. The van der Waals surface area contributed by atoms with Crippen molar-refractivity contribution in [1.82, 2.24) is 0 Å². The highest BCUT2D eigenvalue weighted by atomic mass is 16.6. The predicted octanol–water partition coefficient (Wildman–Crippen LogP) is 3.68. The van der Waals surface area contributed by atoms with E-state index >= 15 is 0 Å². The van der Waals surface area contributed by atoms with Gasteiger partial charge in [-0.05, 0) is 18.6 Å². The first-order valence-corrected chi connectivity index (χ1v) is 8.20. The Kier molecular flexibility index (Phi) is 6.87. The topological polar surface area (TPSA) is 100 Å². The minimum absolute atomic E-state index is 0.126. The summed E-state index contributed by atoms with van der Waals surface area (Å²) >= 11 is 0. The van der Waals surface area contributed by atoms with Gasteiger partial charge in [0.2, 0.25) is 0 Å². The summed E-state index contributed by atoms with van der Waals surface area (Å²) < 4.78 is 15.8. The van der Waals surface area contributed by atoms with E-state index in [1.54, 1.807) is 19.1 Å². The van der Waals surface area contributed by atoms with Crippen LogP contribution < -0.4 is 9.47 Å². The minimum atomic E-state index is -0.880. The second-order valence-corrected chi connectivity index (χ2v) is 5.46. The number of esters is 1. The predicted molar refractivity (Wildman–Crippen MR) is 100 cm³/mol. The van der Waals surface area contributed by atoms with Crippen LogP contribution in [0.5, 0.6) is 11.5 Å². The van der Waals surface area contributed by atoms with Crippen molar-refractivity contribution in [3.8, 4) is 11.5 Å². The van der Waals surface area contributed by atoms with E-state index in [9.17, 15) is 14.9 Å². The molecule has 8 nitrogen and oxygen atoms in total. The van der Waals surface area contributed by atoms with Crippen molar-refractivity contribution in [2.24, 2.45) is 4.99 Å². The lowest BCUT2D eigenvalue weighted by Gasteiger charge is -2.18. The third kappa shape index (κ3) is 5.04. The lowest BCUT2D eigenvalue weighted by atomic mass is 10.1. The molecule has 0 fully saturated rings. The Balaban J connectivity index is 2.52. The number of hydrogen-bond donors (Lipinski definition) is 0. The van der Waals surface area contributed by atoms with Gasteiger partial charge in [0.15, 0.2) is 17.6 Å². The molecule has 0 heterocycles. The van der Waals surface area contributed by atoms with Crippen molar-refractivity contribution >= 4 is 23.6 Å². The van der Waals surface area contributed by atoms with Gasteiger partial charge in [0.25, 0.3) is 5.69 Å². The van der Waals surface area contributed by atoms with Crippen LogP contribution in [0.25, 0.3) is 0 Å². The molecular weight excluding hydrogens is 352 g/mol. The van der Waals surface area contributed by atoms with E-state index < -0.39 is 17.0 Å². The number of carbonyl (C=O) groups excluding carboxylic acids is 1. The molecule has 27 heavy (non-hydrogen) atoms. The van der Waals surface area contributed by atoms with Gasteiger partial charge < -0.3 is 14.2 Å². The van der Waals surface area contributed by atoms with Crippen LogP contribution in [0.4, 0.5) is 11.4 Å². The molecule has 0 aromatic heterocycles. The monoisotopic (exact) mass is 372 g/mol. The molecule has 2 aromatic carbocycles. The Morgan fingerprint density at radius 1 is 1.26 bits per heavy atom. The fraction of sp³-hybridized carbons (Fsp3) is 0.263. The number of rotatable bonds is 8. The molecule has 2 rings (SSSR count). The first kappa shape index (κ1) is 19.9. The van der Waals surface area contributed by atoms with Crippen LogP contribution >= 0.6 is 0 Å². The van der Waals surface area contributed by atoms with E-state index in [1.165, 1.54) is 32.6 Å². The average Bonchev–Trinajstić information content (AvgIpc) is 2.70. The van der Waals surface area contributed by atoms with Crippen LogP contribution in [0.2, 0.25) is 0 Å². The first-order chi connectivity index (χ1) is 13.0. The number of aliphatic imine (C=N–C) groups is 1. The molecule has 0 radical (unpaired) electrons. The van der Waals surface area contributed by atoms with Gasteiger partial charge in [-0.3, -0.25) is 15.1 Å². The number of non-ortho nitro benzene ring substituents is 1. The fourth-order valence-corrected chi connectivity index (χ4v) is 2.32. The minimum Gasteiger partial charge on any atom is -0.493 e. The van der Waals surface area contributed by atoms with E-state index in [2.05, 4.69) is 4.99 Å². The number of carbonyl (C=O) groups is 1. The van der Waals surface area contributed by atoms with Crippen LogP contribution in [-0.2, 0) is 9.53 Å². The largest absolute Gasteiger partial charge is 0.493 e. The molecule has 0 saturated heterocycles. The number of nitro groups is 1. The Morgan fingerprint density at radius 2 is 1.96 bits per heavy atom. The van der Waals surface area contributed by atoms with Crippen molar-refractivity contribution in [3.05, 3.63) is 58.1 Å². The van der Waals surface area contributed by atoms with Crippen molar-refractivity contribution < 1.29 is 23.9 Å².